The minimum atomic E-state index is -3.15. The van der Waals surface area contributed by atoms with Gasteiger partial charge in [0.2, 0.25) is 12.1 Å². The second kappa shape index (κ2) is 14.0. The SMILES string of the molecule is C=C[C@H]1[C@H](O[C@@H]2O[C@H](CO)[C@@H](O)C(O)(O)[C@H]2O)OC=C(C(=O)OC2CCCC2)[C@@]1(O)/C=C/C1=CC(C(=O)O)=C[NH+](CCO)C1. The number of quaternary nitrogens is 1. The molecular formula is C29H40NO14+. The van der Waals surface area contributed by atoms with E-state index in [1.165, 1.54) is 30.5 Å². The summed E-state index contributed by atoms with van der Waals surface area (Å²) in [7, 11) is 0. The van der Waals surface area contributed by atoms with Crippen LogP contribution in [-0.2, 0) is 28.5 Å². The Bertz CT molecular complexity index is 1200. The Hall–Kier alpha value is -2.96. The molecule has 4 aliphatic rings. The van der Waals surface area contributed by atoms with Gasteiger partial charge in [-0.25, -0.2) is 9.59 Å². The molecule has 0 aromatic heterocycles. The number of carboxylic acid groups (broad SMARTS) is 1. The monoisotopic (exact) mass is 626 g/mol. The van der Waals surface area contributed by atoms with Crippen LogP contribution in [-0.4, -0.2) is 127 Å². The van der Waals surface area contributed by atoms with Gasteiger partial charge >= 0.3 is 11.9 Å². The zero-order chi connectivity index (χ0) is 32.2. The highest BCUT2D eigenvalue weighted by molar-refractivity contribution is 5.92. The number of hydrogen-bond acceptors (Lipinski definition) is 13. The molecule has 0 radical (unpaired) electrons. The Morgan fingerprint density at radius 3 is 2.43 bits per heavy atom. The molecule has 9 N–H and O–H groups in total. The van der Waals surface area contributed by atoms with Crippen molar-refractivity contribution in [3.63, 3.8) is 0 Å². The summed E-state index contributed by atoms with van der Waals surface area (Å²) in [5, 5.41) is 81.7. The van der Waals surface area contributed by atoms with Crippen LogP contribution in [0.2, 0.25) is 0 Å². The molecule has 2 fully saturated rings. The lowest BCUT2D eigenvalue weighted by molar-refractivity contribution is -0.842. The number of esters is 1. The van der Waals surface area contributed by atoms with E-state index < -0.39 is 66.7 Å². The largest absolute Gasteiger partial charge is 0.477 e. The van der Waals surface area contributed by atoms with Crippen molar-refractivity contribution in [2.75, 3.05) is 26.3 Å². The predicted octanol–water partition coefficient (Wildman–Crippen LogP) is -3.28. The summed E-state index contributed by atoms with van der Waals surface area (Å²) in [5.74, 6) is -6.57. The van der Waals surface area contributed by atoms with Crippen LogP contribution in [0.4, 0.5) is 0 Å². The second-order valence-corrected chi connectivity index (χ2v) is 11.2. The Kier molecular flexibility index (Phi) is 10.8. The van der Waals surface area contributed by atoms with E-state index in [9.17, 15) is 50.4 Å². The molecule has 8 atom stereocenters. The van der Waals surface area contributed by atoms with E-state index in [4.69, 9.17) is 18.9 Å². The number of aliphatic hydroxyl groups is 7. The third-order valence-corrected chi connectivity index (χ3v) is 8.20. The fraction of sp³-hybridized carbons (Fsp3) is 0.586. The average molecular weight is 627 g/mol. The van der Waals surface area contributed by atoms with Crippen molar-refractivity contribution in [3.05, 3.63) is 60.1 Å². The Morgan fingerprint density at radius 2 is 1.82 bits per heavy atom. The smallest absolute Gasteiger partial charge is 0.341 e. The van der Waals surface area contributed by atoms with Crippen molar-refractivity contribution < 1.29 is 74.3 Å². The molecule has 0 amide bonds. The first-order valence-electron chi connectivity index (χ1n) is 14.3. The van der Waals surface area contributed by atoms with Gasteiger partial charge in [-0.2, -0.15) is 0 Å². The molecule has 1 saturated carbocycles. The minimum absolute atomic E-state index is 0.0447. The highest BCUT2D eigenvalue weighted by Gasteiger charge is 2.57. The lowest BCUT2D eigenvalue weighted by atomic mass is 9.78. The van der Waals surface area contributed by atoms with Gasteiger partial charge in [0, 0.05) is 5.57 Å². The average Bonchev–Trinajstić information content (AvgIpc) is 3.50. The molecule has 0 bridgehead atoms. The van der Waals surface area contributed by atoms with Gasteiger partial charge in [0.1, 0.15) is 60.6 Å². The summed E-state index contributed by atoms with van der Waals surface area (Å²) in [6.45, 7) is 3.11. The van der Waals surface area contributed by atoms with Crippen molar-refractivity contribution in [1.29, 1.82) is 0 Å². The number of hydrogen-bond donors (Lipinski definition) is 9. The molecule has 1 saturated heterocycles. The van der Waals surface area contributed by atoms with Crippen LogP contribution in [0.3, 0.4) is 0 Å². The van der Waals surface area contributed by atoms with E-state index in [0.29, 0.717) is 23.3 Å². The molecule has 3 aliphatic heterocycles. The second-order valence-electron chi connectivity index (χ2n) is 11.2. The number of aliphatic carboxylic acids is 1. The predicted molar refractivity (Wildman–Crippen MR) is 147 cm³/mol. The minimum Gasteiger partial charge on any atom is -0.477 e. The topological polar surface area (TPSA) is 237 Å². The lowest BCUT2D eigenvalue weighted by Gasteiger charge is -2.47. The van der Waals surface area contributed by atoms with Crippen LogP contribution in [0.15, 0.2) is 60.1 Å². The molecule has 244 valence electrons. The molecule has 1 unspecified atom stereocenters. The summed E-state index contributed by atoms with van der Waals surface area (Å²) >= 11 is 0. The third kappa shape index (κ3) is 6.97. The molecule has 44 heavy (non-hydrogen) atoms. The number of carboxylic acids is 1. The van der Waals surface area contributed by atoms with E-state index in [1.807, 2.05) is 0 Å². The highest BCUT2D eigenvalue weighted by Crippen LogP contribution is 2.40. The summed E-state index contributed by atoms with van der Waals surface area (Å²) < 4.78 is 22.3. The standard InChI is InChI=1S/C29H39NO14/c1-2-19-26(44-27-23(34)29(39,40)22(33)21(14-32)43-27)41-15-20(25(37)42-18-5-3-4-6-18)28(19,38)8-7-16-11-17(24(35)36)13-30(12-16)9-10-31/h2,7-8,11,13,15,18-19,21-23,26-27,31-34,38-40H,1,3-6,9-10,12,14H2,(H,35,36)/p+1/b8-7+/t19-,21+,22+,23-,26-,27-,28+/m0/s1. The van der Waals surface area contributed by atoms with E-state index in [-0.39, 0.29) is 36.9 Å². The number of nitrogens with one attached hydrogen (secondary N) is 1. The van der Waals surface area contributed by atoms with Gasteiger partial charge in [-0.1, -0.05) is 12.2 Å². The van der Waals surface area contributed by atoms with Gasteiger partial charge in [-0.15, -0.1) is 6.58 Å². The number of carbonyl (C=O) groups is 2. The first-order chi connectivity index (χ1) is 20.8. The molecule has 0 spiro atoms. The van der Waals surface area contributed by atoms with Gasteiger partial charge in [0.25, 0.3) is 0 Å². The third-order valence-electron chi connectivity index (χ3n) is 8.20. The normalized spacial score (nSPS) is 35.8. The van der Waals surface area contributed by atoms with Crippen molar-refractivity contribution >= 4 is 11.9 Å². The summed E-state index contributed by atoms with van der Waals surface area (Å²) in [6, 6.07) is 0. The van der Waals surface area contributed by atoms with E-state index >= 15 is 0 Å². The molecule has 4 rings (SSSR count). The zero-order valence-corrected chi connectivity index (χ0v) is 23.9. The van der Waals surface area contributed by atoms with Crippen LogP contribution in [0.1, 0.15) is 25.7 Å². The molecule has 1 aliphatic carbocycles. The summed E-state index contributed by atoms with van der Waals surface area (Å²) in [5.41, 5.74) is -2.19. The van der Waals surface area contributed by atoms with Crippen LogP contribution in [0.25, 0.3) is 0 Å². The fourth-order valence-electron chi connectivity index (χ4n) is 5.69. The fourth-order valence-corrected chi connectivity index (χ4v) is 5.69. The van der Waals surface area contributed by atoms with Crippen LogP contribution >= 0.6 is 0 Å². The molecule has 0 aromatic rings. The number of ether oxygens (including phenoxy) is 4. The van der Waals surface area contributed by atoms with Crippen LogP contribution < -0.4 is 4.90 Å². The first-order valence-corrected chi connectivity index (χ1v) is 14.3. The van der Waals surface area contributed by atoms with Gasteiger partial charge in [-0.05, 0) is 37.8 Å². The summed E-state index contributed by atoms with van der Waals surface area (Å²) in [6.07, 6.45) is 0.834. The number of aliphatic hydroxyl groups excluding tert-OH is 4. The molecule has 15 nitrogen and oxygen atoms in total. The molecule has 15 heteroatoms. The van der Waals surface area contributed by atoms with E-state index in [1.54, 1.807) is 0 Å². The first kappa shape index (κ1) is 33.9. The highest BCUT2D eigenvalue weighted by atomic mass is 16.8. The quantitative estimate of drug-likeness (QED) is 0.0622. The maximum absolute atomic E-state index is 13.4. The Morgan fingerprint density at radius 1 is 1.11 bits per heavy atom. The maximum atomic E-state index is 13.4. The van der Waals surface area contributed by atoms with Gasteiger partial charge in [0.05, 0.1) is 19.1 Å². The molecular weight excluding hydrogens is 586 g/mol. The van der Waals surface area contributed by atoms with Gasteiger partial charge < -0.3 is 64.7 Å². The van der Waals surface area contributed by atoms with E-state index in [0.717, 1.165) is 19.1 Å². The van der Waals surface area contributed by atoms with Crippen molar-refractivity contribution in [2.45, 2.75) is 74.1 Å². The van der Waals surface area contributed by atoms with Crippen LogP contribution in [0.5, 0.6) is 0 Å². The summed E-state index contributed by atoms with van der Waals surface area (Å²) in [4.78, 5) is 25.7. The number of carbonyl (C=O) groups excluding carboxylic acids is 1. The molecule has 0 aromatic carbocycles. The van der Waals surface area contributed by atoms with Crippen molar-refractivity contribution in [2.24, 2.45) is 5.92 Å². The van der Waals surface area contributed by atoms with Gasteiger partial charge in [-0.3, -0.25) is 0 Å². The Balaban J connectivity index is 1.68. The van der Waals surface area contributed by atoms with Crippen molar-refractivity contribution in [1.82, 2.24) is 0 Å². The zero-order valence-electron chi connectivity index (χ0n) is 23.9. The van der Waals surface area contributed by atoms with Crippen LogP contribution in [0, 0.1) is 5.92 Å². The van der Waals surface area contributed by atoms with Crippen molar-refractivity contribution in [3.8, 4) is 0 Å². The van der Waals surface area contributed by atoms with Gasteiger partial charge in [0.15, 0.2) is 12.4 Å². The number of rotatable bonds is 11. The molecule has 3 heterocycles. The van der Waals surface area contributed by atoms with E-state index in [2.05, 4.69) is 6.58 Å². The maximum Gasteiger partial charge on any atom is 0.341 e. The lowest BCUT2D eigenvalue weighted by Crippen LogP contribution is -3.08. The Labute approximate surface area is 252 Å².